The summed E-state index contributed by atoms with van der Waals surface area (Å²) in [5.41, 5.74) is 1.87. The van der Waals surface area contributed by atoms with Crippen LogP contribution in [0.25, 0.3) is 11.0 Å². The van der Waals surface area contributed by atoms with E-state index in [0.29, 0.717) is 34.0 Å². The van der Waals surface area contributed by atoms with Gasteiger partial charge in [0.2, 0.25) is 5.69 Å². The summed E-state index contributed by atoms with van der Waals surface area (Å²) < 4.78 is 1.79. The van der Waals surface area contributed by atoms with Gasteiger partial charge in [-0.1, -0.05) is 26.0 Å². The smallest absolute Gasteiger partial charge is 0.360 e. The van der Waals surface area contributed by atoms with E-state index < -0.39 is 11.5 Å². The number of carboxylic acid groups (broad SMARTS) is 1. The van der Waals surface area contributed by atoms with E-state index in [0.717, 1.165) is 24.3 Å². The van der Waals surface area contributed by atoms with Gasteiger partial charge in [0.25, 0.3) is 5.56 Å². The molecule has 6 aliphatic rings. The minimum absolute atomic E-state index is 0.0346. The molecule has 34 heavy (non-hydrogen) atoms. The highest BCUT2D eigenvalue weighted by molar-refractivity contribution is 5.88. The van der Waals surface area contributed by atoms with E-state index in [4.69, 9.17) is 0 Å². The number of aromatic nitrogens is 2. The Labute approximate surface area is 200 Å². The Hall–Kier alpha value is -2.21. The van der Waals surface area contributed by atoms with Gasteiger partial charge in [-0.15, -0.1) is 0 Å². The lowest BCUT2D eigenvalue weighted by atomic mass is 9.42. The first kappa shape index (κ1) is 21.1. The van der Waals surface area contributed by atoms with Crippen LogP contribution in [0.2, 0.25) is 0 Å². The average Bonchev–Trinajstić information content (AvgIpc) is 3.02. The van der Waals surface area contributed by atoms with Crippen LogP contribution in [0.4, 0.5) is 0 Å². The Morgan fingerprint density at radius 3 is 2.24 bits per heavy atom. The van der Waals surface area contributed by atoms with E-state index in [9.17, 15) is 14.7 Å². The van der Waals surface area contributed by atoms with Gasteiger partial charge in [0.1, 0.15) is 0 Å². The van der Waals surface area contributed by atoms with Crippen molar-refractivity contribution in [2.24, 2.45) is 16.7 Å². The molecule has 1 aromatic heterocycles. The SMILES string of the molecule is CC12CC3CC(C)(C1)CC(N1[C@@H]4CC[C@H]1CC(n1c(=O)c(C(=O)O)nc5ccccc51)C4)(C3)C2. The van der Waals surface area contributed by atoms with Gasteiger partial charge in [-0.3, -0.25) is 9.69 Å². The molecule has 4 aliphatic carbocycles. The molecule has 1 aromatic carbocycles. The zero-order valence-corrected chi connectivity index (χ0v) is 20.3. The molecule has 8 rings (SSSR count). The average molecular weight is 462 g/mol. The molecule has 2 saturated heterocycles. The predicted octanol–water partition coefficient (Wildman–Crippen LogP) is 5.01. The Morgan fingerprint density at radius 1 is 0.971 bits per heavy atom. The minimum atomic E-state index is -1.24. The van der Waals surface area contributed by atoms with Crippen LogP contribution in [0, 0.1) is 16.7 Å². The molecule has 6 heteroatoms. The van der Waals surface area contributed by atoms with Crippen LogP contribution in [0.5, 0.6) is 0 Å². The quantitative estimate of drug-likeness (QED) is 0.695. The monoisotopic (exact) mass is 461 g/mol. The van der Waals surface area contributed by atoms with Crippen molar-refractivity contribution in [1.29, 1.82) is 0 Å². The fourth-order valence-electron chi connectivity index (χ4n) is 10.5. The number of benzene rings is 1. The van der Waals surface area contributed by atoms with Crippen LogP contribution < -0.4 is 5.56 Å². The summed E-state index contributed by atoms with van der Waals surface area (Å²) in [6, 6.07) is 8.52. The Kier molecular flexibility index (Phi) is 4.17. The number of fused-ring (bicyclic) bond motifs is 3. The number of aromatic carboxylic acids is 1. The molecule has 3 heterocycles. The van der Waals surface area contributed by atoms with Crippen molar-refractivity contribution in [3.63, 3.8) is 0 Å². The van der Waals surface area contributed by atoms with Crippen molar-refractivity contribution in [2.45, 2.75) is 102 Å². The molecule has 2 aromatic rings. The van der Waals surface area contributed by atoms with Crippen molar-refractivity contribution in [1.82, 2.24) is 14.5 Å². The van der Waals surface area contributed by atoms with E-state index in [2.05, 4.69) is 23.7 Å². The van der Waals surface area contributed by atoms with Crippen molar-refractivity contribution < 1.29 is 9.90 Å². The molecule has 0 spiro atoms. The van der Waals surface area contributed by atoms with Gasteiger partial charge < -0.3 is 9.67 Å². The summed E-state index contributed by atoms with van der Waals surface area (Å²) in [6.45, 7) is 5.10. The predicted molar refractivity (Wildman–Crippen MR) is 130 cm³/mol. The maximum atomic E-state index is 13.4. The van der Waals surface area contributed by atoms with Gasteiger partial charge in [0.15, 0.2) is 0 Å². The number of para-hydroxylation sites is 2. The standard InChI is InChI=1S/C28H35N3O3/c1-26-11-17-12-27(2,14-26)16-28(13-17,15-26)31-18-7-8-19(31)10-20(9-18)30-22-6-4-3-5-21(22)29-23(24(30)32)25(33)34/h3-6,17-20H,7-16H2,1-2H3,(H,33,34)/t17?,18-,19+,20?,26?,27?,28?. The first-order chi connectivity index (χ1) is 16.2. The highest BCUT2D eigenvalue weighted by Crippen LogP contribution is 2.69. The van der Waals surface area contributed by atoms with Gasteiger partial charge in [0.05, 0.1) is 11.0 Å². The molecular formula is C28H35N3O3. The van der Waals surface area contributed by atoms with Crippen molar-refractivity contribution in [3.05, 3.63) is 40.3 Å². The van der Waals surface area contributed by atoms with Gasteiger partial charge >= 0.3 is 5.97 Å². The highest BCUT2D eigenvalue weighted by Gasteiger charge is 2.64. The normalized spacial score (nSPS) is 43.0. The lowest BCUT2D eigenvalue weighted by Gasteiger charge is -2.69. The summed E-state index contributed by atoms with van der Waals surface area (Å²) in [7, 11) is 0. The molecule has 6 nitrogen and oxygen atoms in total. The fourth-order valence-corrected chi connectivity index (χ4v) is 10.5. The van der Waals surface area contributed by atoms with Crippen LogP contribution in [-0.4, -0.2) is 43.1 Å². The van der Waals surface area contributed by atoms with Crippen molar-refractivity contribution in [2.75, 3.05) is 0 Å². The number of rotatable bonds is 3. The third kappa shape index (κ3) is 2.87. The maximum absolute atomic E-state index is 13.4. The number of piperidine rings is 1. The van der Waals surface area contributed by atoms with Gasteiger partial charge in [0, 0.05) is 23.7 Å². The molecule has 6 bridgehead atoms. The van der Waals surface area contributed by atoms with Crippen LogP contribution in [0.15, 0.2) is 29.1 Å². The van der Waals surface area contributed by atoms with E-state index in [-0.39, 0.29) is 11.7 Å². The third-order valence-corrected chi connectivity index (χ3v) is 10.2. The number of hydrogen-bond donors (Lipinski definition) is 1. The van der Waals surface area contributed by atoms with E-state index in [1.54, 1.807) is 4.57 Å². The van der Waals surface area contributed by atoms with Gasteiger partial charge in [-0.2, -0.15) is 0 Å². The third-order valence-electron chi connectivity index (χ3n) is 10.2. The van der Waals surface area contributed by atoms with Crippen molar-refractivity contribution in [3.8, 4) is 0 Å². The topological polar surface area (TPSA) is 75.4 Å². The lowest BCUT2D eigenvalue weighted by molar-refractivity contribution is -0.180. The summed E-state index contributed by atoms with van der Waals surface area (Å²) in [4.78, 5) is 32.3. The van der Waals surface area contributed by atoms with Gasteiger partial charge in [-0.25, -0.2) is 9.78 Å². The lowest BCUT2D eigenvalue weighted by Crippen LogP contribution is -2.68. The van der Waals surface area contributed by atoms with E-state index in [1.165, 1.54) is 51.4 Å². The molecule has 5 atom stereocenters. The molecule has 3 unspecified atom stereocenters. The molecule has 180 valence electrons. The van der Waals surface area contributed by atoms with Gasteiger partial charge in [-0.05, 0) is 93.1 Å². The fraction of sp³-hybridized carbons (Fsp3) is 0.679. The van der Waals surface area contributed by atoms with Crippen LogP contribution in [0.1, 0.15) is 94.6 Å². The van der Waals surface area contributed by atoms with E-state index >= 15 is 0 Å². The zero-order valence-electron chi connectivity index (χ0n) is 20.3. The second-order valence-corrected chi connectivity index (χ2v) is 13.2. The highest BCUT2D eigenvalue weighted by atomic mass is 16.4. The molecule has 6 fully saturated rings. The Morgan fingerprint density at radius 2 is 1.62 bits per heavy atom. The number of carboxylic acids is 1. The molecule has 0 amide bonds. The molecule has 0 radical (unpaired) electrons. The summed E-state index contributed by atoms with van der Waals surface area (Å²) in [5, 5.41) is 9.67. The minimum Gasteiger partial charge on any atom is -0.476 e. The second kappa shape index (κ2) is 6.71. The van der Waals surface area contributed by atoms with Crippen LogP contribution in [0.3, 0.4) is 0 Å². The summed E-state index contributed by atoms with van der Waals surface area (Å²) in [6.07, 6.45) is 12.5. The Balaban J connectivity index is 1.27. The summed E-state index contributed by atoms with van der Waals surface area (Å²) in [5.74, 6) is -0.367. The zero-order chi connectivity index (χ0) is 23.5. The molecule has 2 aliphatic heterocycles. The second-order valence-electron chi connectivity index (χ2n) is 13.2. The summed E-state index contributed by atoms with van der Waals surface area (Å²) >= 11 is 0. The largest absolute Gasteiger partial charge is 0.476 e. The molecule has 4 saturated carbocycles. The number of carbonyl (C=O) groups is 1. The molecular weight excluding hydrogens is 426 g/mol. The first-order valence-electron chi connectivity index (χ1n) is 13.2. The van der Waals surface area contributed by atoms with Crippen molar-refractivity contribution >= 4 is 17.0 Å². The van der Waals surface area contributed by atoms with Crippen LogP contribution in [-0.2, 0) is 0 Å². The van der Waals surface area contributed by atoms with E-state index in [1.807, 2.05) is 24.3 Å². The Bertz CT molecular complexity index is 1240. The number of hydrogen-bond acceptors (Lipinski definition) is 4. The van der Waals surface area contributed by atoms with Crippen LogP contribution >= 0.6 is 0 Å². The maximum Gasteiger partial charge on any atom is 0.360 e. The first-order valence-corrected chi connectivity index (χ1v) is 13.2. The number of nitrogens with zero attached hydrogens (tertiary/aromatic N) is 3. The molecule has 1 N–H and O–H groups in total.